The number of nitrogens with zero attached hydrogens (tertiary/aromatic N) is 1. The third-order valence-corrected chi connectivity index (χ3v) is 6.30. The number of hydrogen-bond donors (Lipinski definition) is 3. The van der Waals surface area contributed by atoms with Gasteiger partial charge in [0.2, 0.25) is 5.91 Å². The largest absolute Gasteiger partial charge is 0.475 e. The second kappa shape index (κ2) is 9.97. The molecule has 2 aliphatic rings. The molecule has 164 valence electrons. The molecule has 3 rings (SSSR count). The van der Waals surface area contributed by atoms with Gasteiger partial charge in [-0.1, -0.05) is 44.4 Å². The fourth-order valence-corrected chi connectivity index (χ4v) is 4.25. The van der Waals surface area contributed by atoms with Crippen LogP contribution in [-0.2, 0) is 9.59 Å². The minimum atomic E-state index is -1.60. The maximum Gasteiger partial charge on any atom is 0.475 e. The molecule has 30 heavy (non-hydrogen) atoms. The van der Waals surface area contributed by atoms with Crippen molar-refractivity contribution in [2.24, 2.45) is 17.8 Å². The summed E-state index contributed by atoms with van der Waals surface area (Å²) in [6, 6.07) is 8.02. The molecule has 2 fully saturated rings. The van der Waals surface area contributed by atoms with Gasteiger partial charge in [0, 0.05) is 24.6 Å². The van der Waals surface area contributed by atoms with Crippen molar-refractivity contribution in [3.05, 3.63) is 29.8 Å². The van der Waals surface area contributed by atoms with E-state index >= 15 is 0 Å². The monoisotopic (exact) mass is 414 g/mol. The Morgan fingerprint density at radius 3 is 2.33 bits per heavy atom. The summed E-state index contributed by atoms with van der Waals surface area (Å²) in [5, 5.41) is 22.1. The molecule has 3 N–H and O–H groups in total. The number of aryl methyl sites for hydroxylation is 1. The molecule has 0 radical (unpaired) electrons. The highest BCUT2D eigenvalue weighted by atomic mass is 16.4. The van der Waals surface area contributed by atoms with Crippen molar-refractivity contribution in [2.45, 2.75) is 71.3 Å². The van der Waals surface area contributed by atoms with Crippen molar-refractivity contribution in [1.29, 1.82) is 0 Å². The van der Waals surface area contributed by atoms with Crippen molar-refractivity contribution in [3.63, 3.8) is 0 Å². The zero-order valence-corrected chi connectivity index (χ0v) is 18.4. The number of carbonyl (C=O) groups excluding carboxylic acids is 2. The molecule has 0 unspecified atom stereocenters. The van der Waals surface area contributed by atoms with Crippen LogP contribution in [0.1, 0.15) is 57.9 Å². The number of hydrogen-bond acceptors (Lipinski definition) is 5. The van der Waals surface area contributed by atoms with Gasteiger partial charge >= 0.3 is 7.12 Å². The fraction of sp³-hybridized carbons (Fsp3) is 0.652. The van der Waals surface area contributed by atoms with Crippen molar-refractivity contribution < 1.29 is 19.6 Å². The van der Waals surface area contributed by atoms with Gasteiger partial charge < -0.3 is 20.3 Å². The molecule has 7 heteroatoms. The molecule has 0 aromatic heterocycles. The highest BCUT2D eigenvalue weighted by Crippen LogP contribution is 2.37. The number of nitrogens with one attached hydrogen (secondary N) is 1. The minimum absolute atomic E-state index is 0.104. The van der Waals surface area contributed by atoms with Gasteiger partial charge in [-0.05, 0) is 50.2 Å². The smallest absolute Gasteiger partial charge is 0.426 e. The molecule has 0 bridgehead atoms. The van der Waals surface area contributed by atoms with Gasteiger partial charge in [-0.3, -0.25) is 9.59 Å². The maximum atomic E-state index is 13.1. The van der Waals surface area contributed by atoms with Gasteiger partial charge in [0.25, 0.3) is 0 Å². The molecule has 1 saturated carbocycles. The van der Waals surface area contributed by atoms with Gasteiger partial charge in [-0.15, -0.1) is 0 Å². The van der Waals surface area contributed by atoms with Crippen LogP contribution in [-0.4, -0.2) is 47.4 Å². The number of benzene rings is 1. The predicted molar refractivity (Wildman–Crippen MR) is 119 cm³/mol. The second-order valence-corrected chi connectivity index (χ2v) is 9.54. The van der Waals surface area contributed by atoms with Crippen molar-refractivity contribution >= 4 is 24.5 Å². The standard InChI is InChI=1S/C23H35BN2O4/c1-15(2)12-22(24(29)30)25-23(28)18(13-17-6-7-17)14-21(27)20-10-11-26(20)19-8-4-16(3)5-9-19/h4-5,8-9,15,17-18,20,22,29-30H,6-7,10-14H2,1-3H3,(H,25,28)/t18-,20+,22-/m1/s1. The van der Waals surface area contributed by atoms with E-state index in [2.05, 4.69) is 10.2 Å². The van der Waals surface area contributed by atoms with Gasteiger partial charge in [-0.25, -0.2) is 0 Å². The average Bonchev–Trinajstić information content (AvgIpc) is 3.45. The first kappa shape index (κ1) is 22.8. The highest BCUT2D eigenvalue weighted by molar-refractivity contribution is 6.43. The zero-order chi connectivity index (χ0) is 21.8. The number of anilines is 1. The Kier molecular flexibility index (Phi) is 7.58. The van der Waals surface area contributed by atoms with Gasteiger partial charge in [-0.2, -0.15) is 0 Å². The van der Waals surface area contributed by atoms with Crippen LogP contribution in [0.3, 0.4) is 0 Å². The van der Waals surface area contributed by atoms with E-state index in [9.17, 15) is 19.6 Å². The Labute approximate surface area is 180 Å². The Bertz CT molecular complexity index is 733. The molecule has 1 aliphatic heterocycles. The van der Waals surface area contributed by atoms with Crippen molar-refractivity contribution in [2.75, 3.05) is 11.4 Å². The summed E-state index contributed by atoms with van der Waals surface area (Å²) in [4.78, 5) is 28.1. The lowest BCUT2D eigenvalue weighted by atomic mass is 9.74. The van der Waals surface area contributed by atoms with E-state index in [1.54, 1.807) is 0 Å². The lowest BCUT2D eigenvalue weighted by Gasteiger charge is -2.42. The molecule has 1 aromatic carbocycles. The lowest BCUT2D eigenvalue weighted by Crippen LogP contribution is -2.54. The van der Waals surface area contributed by atoms with Gasteiger partial charge in [0.15, 0.2) is 5.78 Å². The number of carbonyl (C=O) groups is 2. The number of ketones is 1. The molecule has 3 atom stereocenters. The molecular formula is C23H35BN2O4. The average molecular weight is 414 g/mol. The minimum Gasteiger partial charge on any atom is -0.426 e. The van der Waals surface area contributed by atoms with Crippen LogP contribution < -0.4 is 10.2 Å². The second-order valence-electron chi connectivity index (χ2n) is 9.54. The summed E-state index contributed by atoms with van der Waals surface area (Å²) >= 11 is 0. The van der Waals surface area contributed by atoms with E-state index in [1.165, 1.54) is 5.56 Å². The summed E-state index contributed by atoms with van der Waals surface area (Å²) in [6.45, 7) is 6.84. The third kappa shape index (κ3) is 6.08. The number of amides is 1. The van der Waals surface area contributed by atoms with Gasteiger partial charge in [0.05, 0.1) is 12.0 Å². The van der Waals surface area contributed by atoms with Crippen LogP contribution in [0.4, 0.5) is 5.69 Å². The van der Waals surface area contributed by atoms with E-state index < -0.39 is 19.0 Å². The van der Waals surface area contributed by atoms with Crippen molar-refractivity contribution in [1.82, 2.24) is 5.32 Å². The van der Waals surface area contributed by atoms with Crippen LogP contribution in [0.25, 0.3) is 0 Å². The molecule has 1 aromatic rings. The van der Waals surface area contributed by atoms with Gasteiger partial charge in [0.1, 0.15) is 0 Å². The highest BCUT2D eigenvalue weighted by Gasteiger charge is 2.39. The number of Topliss-reactive ketones (excluding diaryl/α,β-unsaturated/α-hetero) is 1. The Hall–Kier alpha value is -1.86. The normalized spacial score (nSPS) is 20.5. The quantitative estimate of drug-likeness (QED) is 0.484. The maximum absolute atomic E-state index is 13.1. The summed E-state index contributed by atoms with van der Waals surface area (Å²) < 4.78 is 0. The van der Waals surface area contributed by atoms with Crippen LogP contribution in [0, 0.1) is 24.7 Å². The fourth-order valence-electron chi connectivity index (χ4n) is 4.25. The first-order valence-corrected chi connectivity index (χ1v) is 11.3. The molecule has 1 amide bonds. The van der Waals surface area contributed by atoms with E-state index in [4.69, 9.17) is 0 Å². The summed E-state index contributed by atoms with van der Waals surface area (Å²) in [6.07, 6.45) is 4.42. The van der Waals surface area contributed by atoms with Crippen LogP contribution >= 0.6 is 0 Å². The Morgan fingerprint density at radius 2 is 1.83 bits per heavy atom. The van der Waals surface area contributed by atoms with Crippen molar-refractivity contribution in [3.8, 4) is 0 Å². The van der Waals surface area contributed by atoms with E-state index in [-0.39, 0.29) is 30.1 Å². The van der Waals surface area contributed by atoms with Crippen LogP contribution in [0.5, 0.6) is 0 Å². The summed E-state index contributed by atoms with van der Waals surface area (Å²) in [5.74, 6) is -0.506. The summed E-state index contributed by atoms with van der Waals surface area (Å²) in [5.41, 5.74) is 2.24. The predicted octanol–water partition coefficient (Wildman–Crippen LogP) is 2.49. The van der Waals surface area contributed by atoms with Crippen LogP contribution in [0.15, 0.2) is 24.3 Å². The first-order valence-electron chi connectivity index (χ1n) is 11.3. The lowest BCUT2D eigenvalue weighted by molar-refractivity contribution is -0.131. The SMILES string of the molecule is Cc1ccc(N2CC[C@H]2C(=O)C[C@@H](CC2CC2)C(=O)N[C@H](CC(C)C)B(O)O)cc1. The first-order chi connectivity index (χ1) is 14.2. The van der Waals surface area contributed by atoms with E-state index in [0.29, 0.717) is 18.8 Å². The Balaban J connectivity index is 1.63. The molecule has 1 aliphatic carbocycles. The Morgan fingerprint density at radius 1 is 1.17 bits per heavy atom. The zero-order valence-electron chi connectivity index (χ0n) is 18.4. The molecule has 1 saturated heterocycles. The molecule has 6 nitrogen and oxygen atoms in total. The third-order valence-electron chi connectivity index (χ3n) is 6.30. The van der Waals surface area contributed by atoms with E-state index in [1.807, 2.05) is 45.0 Å². The topological polar surface area (TPSA) is 89.9 Å². The van der Waals surface area contributed by atoms with E-state index in [0.717, 1.165) is 31.5 Å². The molecular weight excluding hydrogens is 379 g/mol. The number of rotatable bonds is 11. The summed E-state index contributed by atoms with van der Waals surface area (Å²) in [7, 11) is -1.60. The molecule has 0 spiro atoms. The molecule has 1 heterocycles. The van der Waals surface area contributed by atoms with Crippen LogP contribution in [0.2, 0.25) is 0 Å².